The summed E-state index contributed by atoms with van der Waals surface area (Å²) in [4.78, 5) is 4.05. The normalized spacial score (nSPS) is 13.2. The molecule has 0 saturated carbocycles. The highest BCUT2D eigenvalue weighted by atomic mass is 19.4. The van der Waals surface area contributed by atoms with Crippen LogP contribution in [0.4, 0.5) is 24.8 Å². The molecule has 2 N–H and O–H groups in total. The van der Waals surface area contributed by atoms with E-state index in [-0.39, 0.29) is 17.7 Å². The average Bonchev–Trinajstić information content (AvgIpc) is 2.34. The minimum Gasteiger partial charge on any atom is -0.385 e. The van der Waals surface area contributed by atoms with E-state index in [1.54, 1.807) is 7.11 Å². The molecule has 0 amide bonds. The fraction of sp³-hybridized carbons (Fsp3) is 0.583. The van der Waals surface area contributed by atoms with Gasteiger partial charge in [0.15, 0.2) is 0 Å². The van der Waals surface area contributed by atoms with Gasteiger partial charge in [0.2, 0.25) is 0 Å². The number of pyridine rings is 1. The minimum absolute atomic E-state index is 0.0272. The zero-order valence-corrected chi connectivity index (χ0v) is 11.1. The number of alkyl halides is 3. The maximum absolute atomic E-state index is 12.7. The molecule has 0 spiro atoms. The molecule has 1 rings (SSSR count). The zero-order valence-electron chi connectivity index (χ0n) is 11.1. The van der Waals surface area contributed by atoms with Crippen molar-refractivity contribution in [2.45, 2.75) is 25.6 Å². The zero-order chi connectivity index (χ0) is 14.5. The highest BCUT2D eigenvalue weighted by molar-refractivity contribution is 5.49. The summed E-state index contributed by atoms with van der Waals surface area (Å²) in [7, 11) is 3.11. The van der Waals surface area contributed by atoms with E-state index in [1.807, 2.05) is 6.92 Å². The van der Waals surface area contributed by atoms with Crippen LogP contribution in [0.2, 0.25) is 0 Å². The van der Waals surface area contributed by atoms with Gasteiger partial charge in [0.05, 0.1) is 5.56 Å². The SMILES string of the molecule is CNc1cc(C(F)(F)F)cc(NC(C)CCOC)n1. The van der Waals surface area contributed by atoms with Gasteiger partial charge in [-0.05, 0) is 25.5 Å². The molecule has 0 bridgehead atoms. The van der Waals surface area contributed by atoms with Gasteiger partial charge < -0.3 is 15.4 Å². The second kappa shape index (κ2) is 6.60. The molecule has 0 radical (unpaired) electrons. The van der Waals surface area contributed by atoms with Gasteiger partial charge in [-0.2, -0.15) is 13.2 Å². The highest BCUT2D eigenvalue weighted by Crippen LogP contribution is 2.32. The number of anilines is 2. The lowest BCUT2D eigenvalue weighted by Crippen LogP contribution is -2.19. The number of ether oxygens (including phenoxy) is 1. The predicted molar refractivity (Wildman–Crippen MR) is 68.4 cm³/mol. The third kappa shape index (κ3) is 4.94. The first-order chi connectivity index (χ1) is 8.86. The fourth-order valence-electron chi connectivity index (χ4n) is 1.52. The van der Waals surface area contributed by atoms with Crippen molar-refractivity contribution >= 4 is 11.6 Å². The molecule has 1 atom stereocenters. The van der Waals surface area contributed by atoms with Crippen molar-refractivity contribution < 1.29 is 17.9 Å². The molecule has 0 fully saturated rings. The Bertz CT molecular complexity index is 410. The Kier molecular flexibility index (Phi) is 5.41. The van der Waals surface area contributed by atoms with Crippen LogP contribution < -0.4 is 10.6 Å². The lowest BCUT2D eigenvalue weighted by molar-refractivity contribution is -0.137. The first-order valence-corrected chi connectivity index (χ1v) is 5.89. The number of aromatic nitrogens is 1. The van der Waals surface area contributed by atoms with Crippen LogP contribution in [-0.4, -0.2) is 31.8 Å². The molecule has 1 aromatic rings. The van der Waals surface area contributed by atoms with E-state index < -0.39 is 11.7 Å². The van der Waals surface area contributed by atoms with E-state index in [0.29, 0.717) is 13.0 Å². The Morgan fingerprint density at radius 1 is 1.32 bits per heavy atom. The standard InChI is InChI=1S/C12H18F3N3O/c1-8(4-5-19-3)17-11-7-9(12(13,14)15)6-10(16-2)18-11/h6-8H,4-5H2,1-3H3,(H2,16,17,18). The Morgan fingerprint density at radius 3 is 2.47 bits per heavy atom. The molecule has 0 saturated heterocycles. The monoisotopic (exact) mass is 277 g/mol. The Morgan fingerprint density at radius 2 is 1.95 bits per heavy atom. The fourth-order valence-corrected chi connectivity index (χ4v) is 1.52. The number of hydrogen-bond acceptors (Lipinski definition) is 4. The topological polar surface area (TPSA) is 46.2 Å². The predicted octanol–water partition coefficient (Wildman–Crippen LogP) is 2.98. The molecule has 0 aromatic carbocycles. The summed E-state index contributed by atoms with van der Waals surface area (Å²) in [5.74, 6) is 0.374. The van der Waals surface area contributed by atoms with Crippen LogP contribution in [-0.2, 0) is 10.9 Å². The number of nitrogens with one attached hydrogen (secondary N) is 2. The lowest BCUT2D eigenvalue weighted by Gasteiger charge is -2.16. The van der Waals surface area contributed by atoms with E-state index in [0.717, 1.165) is 12.1 Å². The summed E-state index contributed by atoms with van der Waals surface area (Å²) in [6.07, 6.45) is -3.70. The van der Waals surface area contributed by atoms with Crippen LogP contribution in [0.15, 0.2) is 12.1 Å². The molecular weight excluding hydrogens is 259 g/mol. The van der Waals surface area contributed by atoms with Crippen LogP contribution in [0, 0.1) is 0 Å². The Balaban J connectivity index is 2.88. The number of nitrogens with zero attached hydrogens (tertiary/aromatic N) is 1. The molecular formula is C12H18F3N3O. The molecule has 0 aliphatic carbocycles. The van der Waals surface area contributed by atoms with Crippen LogP contribution >= 0.6 is 0 Å². The van der Waals surface area contributed by atoms with Gasteiger partial charge in [0, 0.05) is 26.8 Å². The van der Waals surface area contributed by atoms with Gasteiger partial charge in [-0.15, -0.1) is 0 Å². The van der Waals surface area contributed by atoms with Gasteiger partial charge >= 0.3 is 6.18 Å². The van der Waals surface area contributed by atoms with E-state index in [9.17, 15) is 13.2 Å². The van der Waals surface area contributed by atoms with E-state index >= 15 is 0 Å². The minimum atomic E-state index is -4.39. The van der Waals surface area contributed by atoms with Gasteiger partial charge in [0.1, 0.15) is 11.6 Å². The molecule has 1 aromatic heterocycles. The van der Waals surface area contributed by atoms with Crippen LogP contribution in [0.25, 0.3) is 0 Å². The Hall–Kier alpha value is -1.50. The van der Waals surface area contributed by atoms with Gasteiger partial charge in [-0.25, -0.2) is 4.98 Å². The summed E-state index contributed by atoms with van der Waals surface area (Å²) < 4.78 is 43.1. The third-order valence-electron chi connectivity index (χ3n) is 2.56. The average molecular weight is 277 g/mol. The van der Waals surface area contributed by atoms with Crippen molar-refractivity contribution in [1.82, 2.24) is 4.98 Å². The molecule has 7 heteroatoms. The summed E-state index contributed by atoms with van der Waals surface area (Å²) >= 11 is 0. The van der Waals surface area contributed by atoms with Crippen molar-refractivity contribution in [3.8, 4) is 0 Å². The summed E-state index contributed by atoms with van der Waals surface area (Å²) in [6, 6.07) is 1.95. The van der Waals surface area contributed by atoms with Crippen molar-refractivity contribution in [1.29, 1.82) is 0 Å². The molecule has 1 unspecified atom stereocenters. The number of hydrogen-bond donors (Lipinski definition) is 2. The highest BCUT2D eigenvalue weighted by Gasteiger charge is 2.31. The van der Waals surface area contributed by atoms with Crippen molar-refractivity contribution in [2.75, 3.05) is 31.4 Å². The number of halogens is 3. The van der Waals surface area contributed by atoms with Crippen molar-refractivity contribution in [2.24, 2.45) is 0 Å². The van der Waals surface area contributed by atoms with Gasteiger partial charge in [-0.1, -0.05) is 0 Å². The summed E-state index contributed by atoms with van der Waals surface area (Å²) in [5, 5.41) is 5.55. The van der Waals surface area contributed by atoms with Crippen LogP contribution in [0.3, 0.4) is 0 Å². The molecule has 0 aliphatic rings. The molecule has 108 valence electrons. The molecule has 4 nitrogen and oxygen atoms in total. The van der Waals surface area contributed by atoms with Crippen molar-refractivity contribution in [3.63, 3.8) is 0 Å². The van der Waals surface area contributed by atoms with Gasteiger partial charge in [-0.3, -0.25) is 0 Å². The molecule has 0 aliphatic heterocycles. The largest absolute Gasteiger partial charge is 0.416 e. The summed E-state index contributed by atoms with van der Waals surface area (Å²) in [5.41, 5.74) is -0.728. The van der Waals surface area contributed by atoms with Gasteiger partial charge in [0.25, 0.3) is 0 Å². The van der Waals surface area contributed by atoms with E-state index in [1.165, 1.54) is 7.05 Å². The first kappa shape index (κ1) is 15.6. The van der Waals surface area contributed by atoms with E-state index in [4.69, 9.17) is 4.74 Å². The maximum Gasteiger partial charge on any atom is 0.416 e. The molecule has 1 heterocycles. The van der Waals surface area contributed by atoms with Crippen LogP contribution in [0.5, 0.6) is 0 Å². The lowest BCUT2D eigenvalue weighted by atomic mass is 10.2. The van der Waals surface area contributed by atoms with Crippen molar-refractivity contribution in [3.05, 3.63) is 17.7 Å². The second-order valence-electron chi connectivity index (χ2n) is 4.20. The second-order valence-corrected chi connectivity index (χ2v) is 4.20. The number of methoxy groups -OCH3 is 1. The molecule has 19 heavy (non-hydrogen) atoms. The summed E-state index contributed by atoms with van der Waals surface area (Å²) in [6.45, 7) is 2.39. The third-order valence-corrected chi connectivity index (χ3v) is 2.56. The van der Waals surface area contributed by atoms with Crippen LogP contribution in [0.1, 0.15) is 18.9 Å². The maximum atomic E-state index is 12.7. The Labute approximate surface area is 110 Å². The van der Waals surface area contributed by atoms with E-state index in [2.05, 4.69) is 15.6 Å². The number of rotatable bonds is 6. The first-order valence-electron chi connectivity index (χ1n) is 5.89. The quantitative estimate of drug-likeness (QED) is 0.839. The smallest absolute Gasteiger partial charge is 0.385 e.